The van der Waals surface area contributed by atoms with Gasteiger partial charge in [0.25, 0.3) is 0 Å². The topological polar surface area (TPSA) is 136 Å². The van der Waals surface area contributed by atoms with E-state index in [0.717, 1.165) is 0 Å². The predicted octanol–water partition coefficient (Wildman–Crippen LogP) is -0.804. The Balaban J connectivity index is 4.26. The number of nitrogens with two attached hydrogens (primary N) is 2. The Morgan fingerprint density at radius 1 is 1.28 bits per heavy atom. The second kappa shape index (κ2) is 8.46. The Labute approximate surface area is 106 Å². The molecule has 0 aromatic heterocycles. The molecule has 0 aromatic carbocycles. The molecule has 104 valence electrons. The van der Waals surface area contributed by atoms with E-state index in [1.54, 1.807) is 6.92 Å². The van der Waals surface area contributed by atoms with Gasteiger partial charge in [-0.1, -0.05) is 6.92 Å². The van der Waals surface area contributed by atoms with E-state index in [9.17, 15) is 14.4 Å². The standard InChI is InChI=1S/C11H21N3O4/c1-7(3-2-6-12)10(16)14-8(11(17)18)4-5-9(13)15/h7-8H,2-6,12H2,1H3,(H2,13,15)(H,14,16)(H,17,18). The van der Waals surface area contributed by atoms with Crippen molar-refractivity contribution in [2.75, 3.05) is 6.54 Å². The van der Waals surface area contributed by atoms with Crippen molar-refractivity contribution >= 4 is 17.8 Å². The first-order valence-corrected chi connectivity index (χ1v) is 5.90. The molecule has 18 heavy (non-hydrogen) atoms. The van der Waals surface area contributed by atoms with E-state index in [1.165, 1.54) is 0 Å². The van der Waals surface area contributed by atoms with Gasteiger partial charge in [0.1, 0.15) is 6.04 Å². The van der Waals surface area contributed by atoms with E-state index in [0.29, 0.717) is 19.4 Å². The van der Waals surface area contributed by atoms with Gasteiger partial charge in [-0.15, -0.1) is 0 Å². The van der Waals surface area contributed by atoms with Gasteiger partial charge in [-0.2, -0.15) is 0 Å². The normalized spacial score (nSPS) is 13.7. The third-order valence-corrected chi connectivity index (χ3v) is 2.58. The average molecular weight is 259 g/mol. The van der Waals surface area contributed by atoms with Crippen molar-refractivity contribution < 1.29 is 19.5 Å². The van der Waals surface area contributed by atoms with Crippen LogP contribution in [-0.2, 0) is 14.4 Å². The molecule has 0 radical (unpaired) electrons. The number of amides is 2. The van der Waals surface area contributed by atoms with E-state index in [-0.39, 0.29) is 24.7 Å². The molecular weight excluding hydrogens is 238 g/mol. The smallest absolute Gasteiger partial charge is 0.326 e. The average Bonchev–Trinajstić information content (AvgIpc) is 2.30. The molecule has 0 rings (SSSR count). The van der Waals surface area contributed by atoms with Gasteiger partial charge in [0.05, 0.1) is 0 Å². The lowest BCUT2D eigenvalue weighted by atomic mass is 10.0. The summed E-state index contributed by atoms with van der Waals surface area (Å²) < 4.78 is 0. The van der Waals surface area contributed by atoms with Crippen LogP contribution in [0, 0.1) is 5.92 Å². The molecule has 2 atom stereocenters. The van der Waals surface area contributed by atoms with E-state index >= 15 is 0 Å². The van der Waals surface area contributed by atoms with Crippen LogP contribution >= 0.6 is 0 Å². The number of carbonyl (C=O) groups excluding carboxylic acids is 2. The van der Waals surface area contributed by atoms with Gasteiger partial charge in [-0.3, -0.25) is 9.59 Å². The fourth-order valence-corrected chi connectivity index (χ4v) is 1.41. The Bertz CT molecular complexity index is 307. The number of hydrogen-bond acceptors (Lipinski definition) is 4. The minimum absolute atomic E-state index is 0.0000154. The summed E-state index contributed by atoms with van der Waals surface area (Å²) in [6.07, 6.45) is 1.23. The summed E-state index contributed by atoms with van der Waals surface area (Å²) in [7, 11) is 0. The lowest BCUT2D eigenvalue weighted by molar-refractivity contribution is -0.142. The number of carboxylic acids is 1. The number of carbonyl (C=O) groups is 3. The molecule has 0 saturated carbocycles. The summed E-state index contributed by atoms with van der Waals surface area (Å²) in [5.41, 5.74) is 10.3. The van der Waals surface area contributed by atoms with Crippen molar-refractivity contribution in [3.63, 3.8) is 0 Å². The molecule has 7 heteroatoms. The maximum atomic E-state index is 11.7. The number of rotatable bonds is 9. The largest absolute Gasteiger partial charge is 0.480 e. The fraction of sp³-hybridized carbons (Fsp3) is 0.727. The van der Waals surface area contributed by atoms with Crippen LogP contribution in [0.25, 0.3) is 0 Å². The zero-order chi connectivity index (χ0) is 14.1. The lowest BCUT2D eigenvalue weighted by Gasteiger charge is -2.17. The van der Waals surface area contributed by atoms with E-state index in [1.807, 2.05) is 0 Å². The SMILES string of the molecule is CC(CCCN)C(=O)NC(CCC(N)=O)C(=O)O. The fourth-order valence-electron chi connectivity index (χ4n) is 1.41. The molecule has 0 saturated heterocycles. The molecule has 7 nitrogen and oxygen atoms in total. The van der Waals surface area contributed by atoms with Crippen LogP contribution in [0.15, 0.2) is 0 Å². The number of hydrogen-bond donors (Lipinski definition) is 4. The molecular formula is C11H21N3O4. The number of carboxylic acid groups (broad SMARTS) is 1. The molecule has 0 aromatic rings. The van der Waals surface area contributed by atoms with E-state index in [2.05, 4.69) is 5.32 Å². The monoisotopic (exact) mass is 259 g/mol. The molecule has 6 N–H and O–H groups in total. The quantitative estimate of drug-likeness (QED) is 0.429. The van der Waals surface area contributed by atoms with Gasteiger partial charge < -0.3 is 21.9 Å². The first kappa shape index (κ1) is 16.4. The highest BCUT2D eigenvalue weighted by Gasteiger charge is 2.22. The van der Waals surface area contributed by atoms with Gasteiger partial charge in [-0.05, 0) is 25.8 Å². The van der Waals surface area contributed by atoms with Crippen molar-refractivity contribution in [3.05, 3.63) is 0 Å². The Morgan fingerprint density at radius 3 is 2.33 bits per heavy atom. The van der Waals surface area contributed by atoms with Gasteiger partial charge in [0.15, 0.2) is 0 Å². The van der Waals surface area contributed by atoms with Crippen molar-refractivity contribution in [2.45, 2.75) is 38.6 Å². The van der Waals surface area contributed by atoms with Crippen molar-refractivity contribution in [3.8, 4) is 0 Å². The highest BCUT2D eigenvalue weighted by molar-refractivity contribution is 5.85. The number of primary amides is 1. The first-order chi connectivity index (χ1) is 8.38. The summed E-state index contributed by atoms with van der Waals surface area (Å²) >= 11 is 0. The van der Waals surface area contributed by atoms with Crippen LogP contribution in [-0.4, -0.2) is 35.5 Å². The first-order valence-electron chi connectivity index (χ1n) is 5.90. The Morgan fingerprint density at radius 2 is 1.89 bits per heavy atom. The van der Waals surface area contributed by atoms with Crippen LogP contribution in [0.5, 0.6) is 0 Å². The molecule has 0 aliphatic rings. The maximum absolute atomic E-state index is 11.7. The second-order valence-electron chi connectivity index (χ2n) is 4.24. The minimum atomic E-state index is -1.17. The molecule has 0 fully saturated rings. The molecule has 0 aliphatic heterocycles. The van der Waals surface area contributed by atoms with E-state index in [4.69, 9.17) is 16.6 Å². The van der Waals surface area contributed by atoms with Crippen molar-refractivity contribution in [1.82, 2.24) is 5.32 Å². The van der Waals surface area contributed by atoms with Gasteiger partial charge in [0, 0.05) is 12.3 Å². The highest BCUT2D eigenvalue weighted by atomic mass is 16.4. The molecule has 2 unspecified atom stereocenters. The lowest BCUT2D eigenvalue weighted by Crippen LogP contribution is -2.43. The third-order valence-electron chi connectivity index (χ3n) is 2.58. The number of aliphatic carboxylic acids is 1. The summed E-state index contributed by atoms with van der Waals surface area (Å²) in [5.74, 6) is -2.41. The van der Waals surface area contributed by atoms with Crippen LogP contribution < -0.4 is 16.8 Å². The zero-order valence-corrected chi connectivity index (χ0v) is 10.5. The maximum Gasteiger partial charge on any atom is 0.326 e. The van der Waals surface area contributed by atoms with Crippen LogP contribution in [0.4, 0.5) is 0 Å². The Hall–Kier alpha value is -1.63. The minimum Gasteiger partial charge on any atom is -0.480 e. The van der Waals surface area contributed by atoms with Crippen LogP contribution in [0.1, 0.15) is 32.6 Å². The molecule has 0 aliphatic carbocycles. The molecule has 0 bridgehead atoms. The van der Waals surface area contributed by atoms with Gasteiger partial charge >= 0.3 is 5.97 Å². The van der Waals surface area contributed by atoms with Crippen molar-refractivity contribution in [2.24, 2.45) is 17.4 Å². The summed E-state index contributed by atoms with van der Waals surface area (Å²) in [5, 5.41) is 11.3. The van der Waals surface area contributed by atoms with Crippen LogP contribution in [0.2, 0.25) is 0 Å². The molecule has 2 amide bonds. The predicted molar refractivity (Wildman–Crippen MR) is 65.4 cm³/mol. The van der Waals surface area contributed by atoms with Crippen molar-refractivity contribution in [1.29, 1.82) is 0 Å². The third kappa shape index (κ3) is 6.85. The van der Waals surface area contributed by atoms with Crippen LogP contribution in [0.3, 0.4) is 0 Å². The summed E-state index contributed by atoms with van der Waals surface area (Å²) in [4.78, 5) is 33.2. The number of nitrogens with one attached hydrogen (secondary N) is 1. The van der Waals surface area contributed by atoms with Gasteiger partial charge in [-0.25, -0.2) is 4.79 Å². The summed E-state index contributed by atoms with van der Waals surface area (Å²) in [6.45, 7) is 2.19. The molecule has 0 spiro atoms. The zero-order valence-electron chi connectivity index (χ0n) is 10.5. The summed E-state index contributed by atoms with van der Waals surface area (Å²) in [6, 6.07) is -1.08. The molecule has 0 heterocycles. The van der Waals surface area contributed by atoms with Gasteiger partial charge in [0.2, 0.25) is 11.8 Å². The Kier molecular flexibility index (Phi) is 7.69. The second-order valence-corrected chi connectivity index (χ2v) is 4.24. The van der Waals surface area contributed by atoms with E-state index < -0.39 is 17.9 Å². The highest BCUT2D eigenvalue weighted by Crippen LogP contribution is 2.06.